The minimum Gasteiger partial charge on any atom is -0.382 e. The molecule has 0 aliphatic rings. The van der Waals surface area contributed by atoms with Crippen LogP contribution in [0.4, 0.5) is 5.69 Å². The van der Waals surface area contributed by atoms with Gasteiger partial charge in [0.05, 0.1) is 0 Å². The first-order valence-electron chi connectivity index (χ1n) is 6.13. The molecule has 0 saturated heterocycles. The van der Waals surface area contributed by atoms with Crippen molar-refractivity contribution < 1.29 is 0 Å². The Bertz CT molecular complexity index is 592. The highest BCUT2D eigenvalue weighted by Gasteiger charge is 2.04. The van der Waals surface area contributed by atoms with Gasteiger partial charge in [0.25, 0.3) is 0 Å². The normalized spacial score (nSPS) is 10.2. The molecule has 0 spiro atoms. The van der Waals surface area contributed by atoms with Crippen LogP contribution in [0.1, 0.15) is 16.8 Å². The summed E-state index contributed by atoms with van der Waals surface area (Å²) in [6.45, 7) is 2.84. The van der Waals surface area contributed by atoms with Crippen LogP contribution < -0.4 is 10.6 Å². The van der Waals surface area contributed by atoms with Crippen LogP contribution in [0.25, 0.3) is 0 Å². The Morgan fingerprint density at radius 1 is 1.32 bits per heavy atom. The molecule has 0 aliphatic carbocycles. The van der Waals surface area contributed by atoms with Crippen molar-refractivity contribution in [1.82, 2.24) is 4.98 Å². The van der Waals surface area contributed by atoms with Gasteiger partial charge in [0.1, 0.15) is 11.5 Å². The fraction of sp³-hybridized carbons (Fsp3) is 0.200. The average molecular weight is 254 g/mol. The zero-order chi connectivity index (χ0) is 13.8. The lowest BCUT2D eigenvalue weighted by Gasteiger charge is -2.20. The lowest BCUT2D eigenvalue weighted by atomic mass is 10.1. The van der Waals surface area contributed by atoms with Gasteiger partial charge in [0.15, 0.2) is 0 Å². The highest BCUT2D eigenvalue weighted by Crippen LogP contribution is 2.16. The fourth-order valence-electron chi connectivity index (χ4n) is 1.95. The Morgan fingerprint density at radius 3 is 2.79 bits per heavy atom. The number of anilines is 1. The SMILES string of the molecule is Cc1cccc(N(C)Cc2ccnc(C(=N)N)c2)c1. The number of rotatable bonds is 4. The maximum atomic E-state index is 7.41. The number of aryl methyl sites for hydroxylation is 1. The molecule has 4 nitrogen and oxygen atoms in total. The minimum atomic E-state index is 0.0000543. The monoisotopic (exact) mass is 254 g/mol. The number of nitrogens with two attached hydrogens (primary N) is 1. The van der Waals surface area contributed by atoms with Gasteiger partial charge >= 0.3 is 0 Å². The molecule has 98 valence electrons. The van der Waals surface area contributed by atoms with Gasteiger partial charge in [0, 0.05) is 25.5 Å². The predicted molar refractivity (Wildman–Crippen MR) is 78.5 cm³/mol. The zero-order valence-electron chi connectivity index (χ0n) is 11.2. The fourth-order valence-corrected chi connectivity index (χ4v) is 1.95. The standard InChI is InChI=1S/C15H18N4/c1-11-4-3-5-13(8-11)19(2)10-12-6-7-18-14(9-12)15(16)17/h3-9H,10H2,1-2H3,(H3,16,17). The van der Waals surface area contributed by atoms with E-state index >= 15 is 0 Å². The summed E-state index contributed by atoms with van der Waals surface area (Å²) in [6.07, 6.45) is 1.69. The number of pyridine rings is 1. The molecule has 0 unspecified atom stereocenters. The zero-order valence-corrected chi connectivity index (χ0v) is 11.2. The molecule has 0 bridgehead atoms. The van der Waals surface area contributed by atoms with Crippen LogP contribution in [-0.4, -0.2) is 17.9 Å². The van der Waals surface area contributed by atoms with Crippen molar-refractivity contribution in [2.75, 3.05) is 11.9 Å². The molecule has 1 aromatic heterocycles. The first kappa shape index (κ1) is 13.1. The van der Waals surface area contributed by atoms with Gasteiger partial charge in [-0.1, -0.05) is 12.1 Å². The molecule has 3 N–H and O–H groups in total. The summed E-state index contributed by atoms with van der Waals surface area (Å²) in [5.74, 6) is 0.0000543. The van der Waals surface area contributed by atoms with Crippen molar-refractivity contribution in [3.8, 4) is 0 Å². The van der Waals surface area contributed by atoms with Crippen molar-refractivity contribution in [2.45, 2.75) is 13.5 Å². The van der Waals surface area contributed by atoms with Crippen molar-refractivity contribution in [3.63, 3.8) is 0 Å². The van der Waals surface area contributed by atoms with E-state index in [0.717, 1.165) is 12.1 Å². The van der Waals surface area contributed by atoms with E-state index in [2.05, 4.69) is 41.1 Å². The largest absolute Gasteiger partial charge is 0.382 e. The highest BCUT2D eigenvalue weighted by atomic mass is 15.1. The van der Waals surface area contributed by atoms with Gasteiger partial charge in [-0.15, -0.1) is 0 Å². The highest BCUT2D eigenvalue weighted by molar-refractivity contribution is 5.93. The molecule has 2 aromatic rings. The van der Waals surface area contributed by atoms with Crippen LogP contribution >= 0.6 is 0 Å². The summed E-state index contributed by atoms with van der Waals surface area (Å²) in [5.41, 5.74) is 9.47. The summed E-state index contributed by atoms with van der Waals surface area (Å²) in [4.78, 5) is 6.22. The number of nitrogens with zero attached hydrogens (tertiary/aromatic N) is 2. The average Bonchev–Trinajstić information content (AvgIpc) is 2.39. The lowest BCUT2D eigenvalue weighted by molar-refractivity contribution is 0.917. The van der Waals surface area contributed by atoms with E-state index in [1.54, 1.807) is 6.20 Å². The van der Waals surface area contributed by atoms with Crippen molar-refractivity contribution >= 4 is 11.5 Å². The molecule has 0 aliphatic heterocycles. The van der Waals surface area contributed by atoms with E-state index in [1.807, 2.05) is 19.2 Å². The summed E-state index contributed by atoms with van der Waals surface area (Å²) < 4.78 is 0. The Kier molecular flexibility index (Phi) is 3.80. The maximum Gasteiger partial charge on any atom is 0.141 e. The lowest BCUT2D eigenvalue weighted by Crippen LogP contribution is -2.18. The number of benzene rings is 1. The topological polar surface area (TPSA) is 66.0 Å². The van der Waals surface area contributed by atoms with Crippen LogP contribution in [0.3, 0.4) is 0 Å². The predicted octanol–water partition coefficient (Wildman–Crippen LogP) is 2.31. The third-order valence-corrected chi connectivity index (χ3v) is 2.96. The van der Waals surface area contributed by atoms with Gasteiger partial charge in [-0.05, 0) is 42.3 Å². The molecule has 4 heteroatoms. The van der Waals surface area contributed by atoms with E-state index < -0.39 is 0 Å². The van der Waals surface area contributed by atoms with Crippen molar-refractivity contribution in [1.29, 1.82) is 5.41 Å². The summed E-state index contributed by atoms with van der Waals surface area (Å²) in [6, 6.07) is 12.2. The van der Waals surface area contributed by atoms with Crippen molar-refractivity contribution in [2.24, 2.45) is 5.73 Å². The first-order valence-corrected chi connectivity index (χ1v) is 6.13. The minimum absolute atomic E-state index is 0.0000543. The van der Waals surface area contributed by atoms with Crippen LogP contribution in [0.2, 0.25) is 0 Å². The Hall–Kier alpha value is -2.36. The molecule has 0 saturated carbocycles. The third kappa shape index (κ3) is 3.31. The molecular weight excluding hydrogens is 236 g/mol. The van der Waals surface area contributed by atoms with Crippen molar-refractivity contribution in [3.05, 3.63) is 59.4 Å². The molecule has 0 fully saturated rings. The number of hydrogen-bond acceptors (Lipinski definition) is 3. The van der Waals surface area contributed by atoms with Crippen LogP contribution in [0.15, 0.2) is 42.6 Å². The number of aromatic nitrogens is 1. The Balaban J connectivity index is 2.17. The first-order chi connectivity index (χ1) is 9.06. The molecule has 19 heavy (non-hydrogen) atoms. The molecular formula is C15H18N4. The van der Waals surface area contributed by atoms with Gasteiger partial charge < -0.3 is 10.6 Å². The second-order valence-corrected chi connectivity index (χ2v) is 4.66. The number of amidine groups is 1. The van der Waals surface area contributed by atoms with Crippen LogP contribution in [0, 0.1) is 12.3 Å². The van der Waals surface area contributed by atoms with Gasteiger partial charge in [0.2, 0.25) is 0 Å². The quantitative estimate of drug-likeness (QED) is 0.650. The van der Waals surface area contributed by atoms with Crippen LogP contribution in [-0.2, 0) is 6.54 Å². The molecule has 2 rings (SSSR count). The second kappa shape index (κ2) is 5.52. The number of nitrogens with one attached hydrogen (secondary N) is 1. The summed E-state index contributed by atoms with van der Waals surface area (Å²) in [5, 5.41) is 7.41. The maximum absolute atomic E-state index is 7.41. The van der Waals surface area contributed by atoms with E-state index in [4.69, 9.17) is 11.1 Å². The number of hydrogen-bond donors (Lipinski definition) is 2. The third-order valence-electron chi connectivity index (χ3n) is 2.96. The van der Waals surface area contributed by atoms with E-state index in [-0.39, 0.29) is 5.84 Å². The number of nitrogen functional groups attached to an aromatic ring is 1. The molecule has 0 amide bonds. The van der Waals surface area contributed by atoms with Gasteiger partial charge in [-0.2, -0.15) is 0 Å². The summed E-state index contributed by atoms with van der Waals surface area (Å²) >= 11 is 0. The van der Waals surface area contributed by atoms with E-state index in [9.17, 15) is 0 Å². The Labute approximate surface area is 113 Å². The van der Waals surface area contributed by atoms with E-state index in [1.165, 1.54) is 11.3 Å². The van der Waals surface area contributed by atoms with Gasteiger partial charge in [-0.25, -0.2) is 0 Å². The molecule has 0 atom stereocenters. The van der Waals surface area contributed by atoms with Gasteiger partial charge in [-0.3, -0.25) is 10.4 Å². The summed E-state index contributed by atoms with van der Waals surface area (Å²) in [7, 11) is 2.04. The smallest absolute Gasteiger partial charge is 0.141 e. The Morgan fingerprint density at radius 2 is 2.11 bits per heavy atom. The molecule has 1 heterocycles. The molecule has 1 aromatic carbocycles. The molecule has 0 radical (unpaired) electrons. The second-order valence-electron chi connectivity index (χ2n) is 4.66. The van der Waals surface area contributed by atoms with E-state index in [0.29, 0.717) is 5.69 Å². The van der Waals surface area contributed by atoms with Crippen LogP contribution in [0.5, 0.6) is 0 Å².